The molecule has 3 aliphatic rings. The van der Waals surface area contributed by atoms with E-state index in [4.69, 9.17) is 14.2 Å². The van der Waals surface area contributed by atoms with E-state index in [1.807, 2.05) is 30.3 Å². The quantitative estimate of drug-likeness (QED) is 0.680. The van der Waals surface area contributed by atoms with Crippen molar-refractivity contribution in [2.75, 3.05) is 13.2 Å². The summed E-state index contributed by atoms with van der Waals surface area (Å²) < 4.78 is 45.0. The zero-order valence-electron chi connectivity index (χ0n) is 16.4. The van der Waals surface area contributed by atoms with Gasteiger partial charge in [-0.3, -0.25) is 4.79 Å². The molecule has 2 bridgehead atoms. The van der Waals surface area contributed by atoms with Gasteiger partial charge in [0.15, 0.2) is 11.5 Å². The molecule has 5 rings (SSSR count). The lowest BCUT2D eigenvalue weighted by Crippen LogP contribution is -2.49. The van der Waals surface area contributed by atoms with Crippen LogP contribution in [0, 0.1) is 5.92 Å². The smallest absolute Gasteiger partial charge is 0.325 e. The summed E-state index contributed by atoms with van der Waals surface area (Å²) in [5, 5.41) is 0. The molecule has 30 heavy (non-hydrogen) atoms. The lowest BCUT2D eigenvalue weighted by atomic mass is 10.0. The highest BCUT2D eigenvalue weighted by molar-refractivity contribution is 7.89. The number of piperidine rings is 1. The maximum Gasteiger partial charge on any atom is 0.325 e. The van der Waals surface area contributed by atoms with Gasteiger partial charge in [0.1, 0.15) is 25.9 Å². The number of sulfonamides is 1. The summed E-state index contributed by atoms with van der Waals surface area (Å²) in [5.41, 5.74) is 0.871. The van der Waals surface area contributed by atoms with E-state index >= 15 is 0 Å². The molecule has 158 valence electrons. The number of hydrogen-bond donors (Lipinski definition) is 0. The highest BCUT2D eigenvalue weighted by Gasteiger charge is 2.55. The Morgan fingerprint density at radius 3 is 2.60 bits per heavy atom. The van der Waals surface area contributed by atoms with Crippen molar-refractivity contribution in [3.8, 4) is 11.5 Å². The summed E-state index contributed by atoms with van der Waals surface area (Å²) in [6, 6.07) is 13.0. The van der Waals surface area contributed by atoms with Gasteiger partial charge in [-0.1, -0.05) is 30.3 Å². The molecule has 0 aromatic heterocycles. The third-order valence-electron chi connectivity index (χ3n) is 6.08. The van der Waals surface area contributed by atoms with Gasteiger partial charge in [0.2, 0.25) is 10.0 Å². The molecule has 3 unspecified atom stereocenters. The fourth-order valence-electron chi connectivity index (χ4n) is 4.71. The van der Waals surface area contributed by atoms with Crippen LogP contribution in [0.15, 0.2) is 53.4 Å². The Balaban J connectivity index is 1.40. The van der Waals surface area contributed by atoms with Crippen LogP contribution >= 0.6 is 0 Å². The van der Waals surface area contributed by atoms with Crippen LogP contribution in [-0.4, -0.2) is 44.0 Å². The molecular weight excluding hydrogens is 406 g/mol. The first-order valence-electron chi connectivity index (χ1n) is 10.2. The summed E-state index contributed by atoms with van der Waals surface area (Å²) in [6.45, 7) is 0.940. The second kappa shape index (κ2) is 7.59. The van der Waals surface area contributed by atoms with Gasteiger partial charge < -0.3 is 14.2 Å². The molecule has 0 amide bonds. The minimum Gasteiger partial charge on any atom is -0.486 e. The Bertz CT molecular complexity index is 1050. The van der Waals surface area contributed by atoms with E-state index in [1.165, 1.54) is 16.4 Å². The van der Waals surface area contributed by atoms with E-state index in [1.54, 1.807) is 6.07 Å². The van der Waals surface area contributed by atoms with E-state index in [2.05, 4.69) is 0 Å². The van der Waals surface area contributed by atoms with E-state index in [-0.39, 0.29) is 23.5 Å². The number of nitrogens with zero attached hydrogens (tertiary/aromatic N) is 1. The Kier molecular flexibility index (Phi) is 4.91. The summed E-state index contributed by atoms with van der Waals surface area (Å²) in [5.74, 6) is 0.453. The van der Waals surface area contributed by atoms with E-state index in [9.17, 15) is 13.2 Å². The van der Waals surface area contributed by atoms with Crippen LogP contribution in [0.25, 0.3) is 0 Å². The molecule has 0 radical (unpaired) electrons. The highest BCUT2D eigenvalue weighted by atomic mass is 32.2. The lowest BCUT2D eigenvalue weighted by molar-refractivity contribution is -0.151. The summed E-state index contributed by atoms with van der Waals surface area (Å²) in [7, 11) is -3.88. The zero-order chi connectivity index (χ0) is 20.7. The molecular formula is C22H23NO6S. The van der Waals surface area contributed by atoms with Gasteiger partial charge >= 0.3 is 5.97 Å². The minimum atomic E-state index is -3.88. The lowest BCUT2D eigenvalue weighted by Gasteiger charge is -2.33. The molecule has 1 aliphatic carbocycles. The van der Waals surface area contributed by atoms with Crippen molar-refractivity contribution in [3.63, 3.8) is 0 Å². The Morgan fingerprint density at radius 1 is 1.03 bits per heavy atom. The zero-order valence-corrected chi connectivity index (χ0v) is 17.2. The fraction of sp³-hybridized carbons (Fsp3) is 0.409. The van der Waals surface area contributed by atoms with E-state index in [0.29, 0.717) is 31.1 Å². The third kappa shape index (κ3) is 3.33. The number of benzene rings is 2. The molecule has 0 spiro atoms. The number of hydrogen-bond acceptors (Lipinski definition) is 6. The third-order valence-corrected chi connectivity index (χ3v) is 8.01. The normalized spacial score (nSPS) is 25.3. The Hall–Kier alpha value is -2.58. The van der Waals surface area contributed by atoms with Crippen LogP contribution in [0.2, 0.25) is 0 Å². The van der Waals surface area contributed by atoms with Gasteiger partial charge in [0.25, 0.3) is 0 Å². The highest BCUT2D eigenvalue weighted by Crippen LogP contribution is 2.46. The average Bonchev–Trinajstić information content (AvgIpc) is 3.40. The Morgan fingerprint density at radius 2 is 1.80 bits per heavy atom. The summed E-state index contributed by atoms with van der Waals surface area (Å²) in [4.78, 5) is 13.1. The van der Waals surface area contributed by atoms with Crippen LogP contribution in [0.1, 0.15) is 24.8 Å². The molecule has 0 N–H and O–H groups in total. The SMILES string of the molecule is O=C(OCc1ccccc1)C1C2CCC(C2)N1S(=O)(=O)c1ccc2c(c1)OCCO2. The van der Waals surface area contributed by atoms with Gasteiger partial charge in [-0.15, -0.1) is 0 Å². The van der Waals surface area contributed by atoms with Crippen LogP contribution < -0.4 is 9.47 Å². The van der Waals surface area contributed by atoms with Crippen LogP contribution in [0.4, 0.5) is 0 Å². The van der Waals surface area contributed by atoms with Crippen molar-refractivity contribution in [1.82, 2.24) is 4.31 Å². The van der Waals surface area contributed by atoms with Crippen molar-refractivity contribution in [2.45, 2.75) is 42.8 Å². The molecule has 8 heteroatoms. The molecule has 2 aromatic rings. The molecule has 1 saturated heterocycles. The molecule has 3 atom stereocenters. The largest absolute Gasteiger partial charge is 0.486 e. The maximum absolute atomic E-state index is 13.5. The molecule has 1 saturated carbocycles. The van der Waals surface area contributed by atoms with Crippen LogP contribution in [0.3, 0.4) is 0 Å². The van der Waals surface area contributed by atoms with E-state index < -0.39 is 22.0 Å². The second-order valence-corrected chi connectivity index (χ2v) is 9.75. The fourth-order valence-corrected chi connectivity index (χ4v) is 6.59. The monoisotopic (exact) mass is 429 g/mol. The number of ether oxygens (including phenoxy) is 3. The van der Waals surface area contributed by atoms with E-state index in [0.717, 1.165) is 18.4 Å². The number of esters is 1. The van der Waals surface area contributed by atoms with Gasteiger partial charge in [-0.05, 0) is 42.9 Å². The molecule has 7 nitrogen and oxygen atoms in total. The maximum atomic E-state index is 13.5. The molecule has 2 aliphatic heterocycles. The molecule has 2 fully saturated rings. The summed E-state index contributed by atoms with van der Waals surface area (Å²) >= 11 is 0. The first kappa shape index (κ1) is 19.4. The van der Waals surface area contributed by atoms with Crippen molar-refractivity contribution < 1.29 is 27.4 Å². The predicted molar refractivity (Wildman–Crippen MR) is 108 cm³/mol. The number of fused-ring (bicyclic) bond motifs is 3. The van der Waals surface area contributed by atoms with Crippen molar-refractivity contribution in [1.29, 1.82) is 0 Å². The standard InChI is InChI=1S/C22H23NO6S/c24-22(29-14-15-4-2-1-3-5-15)21-16-6-7-17(12-16)23(21)30(25,26)18-8-9-19-20(13-18)28-11-10-27-19/h1-5,8-9,13,16-17,21H,6-7,10-12,14H2. The van der Waals surface area contributed by atoms with Crippen molar-refractivity contribution in [3.05, 3.63) is 54.1 Å². The number of carbonyl (C=O) groups excluding carboxylic acids is 1. The van der Waals surface area contributed by atoms with Crippen LogP contribution in [0.5, 0.6) is 11.5 Å². The average molecular weight is 429 g/mol. The van der Waals surface area contributed by atoms with Crippen LogP contribution in [-0.2, 0) is 26.2 Å². The first-order chi connectivity index (χ1) is 14.5. The van der Waals surface area contributed by atoms with Gasteiger partial charge in [0, 0.05) is 12.1 Å². The van der Waals surface area contributed by atoms with Gasteiger partial charge in [0.05, 0.1) is 4.90 Å². The van der Waals surface area contributed by atoms with Crippen molar-refractivity contribution in [2.24, 2.45) is 5.92 Å². The number of carbonyl (C=O) groups is 1. The van der Waals surface area contributed by atoms with Gasteiger partial charge in [-0.2, -0.15) is 4.31 Å². The topological polar surface area (TPSA) is 82.1 Å². The van der Waals surface area contributed by atoms with Gasteiger partial charge in [-0.25, -0.2) is 8.42 Å². The summed E-state index contributed by atoms with van der Waals surface area (Å²) in [6.07, 6.45) is 2.29. The minimum absolute atomic E-state index is 0.00902. The second-order valence-electron chi connectivity index (χ2n) is 7.91. The Labute approximate surface area is 175 Å². The predicted octanol–water partition coefficient (Wildman–Crippen LogP) is 2.74. The van der Waals surface area contributed by atoms with Crippen molar-refractivity contribution >= 4 is 16.0 Å². The number of rotatable bonds is 5. The molecule has 2 aromatic carbocycles. The first-order valence-corrected chi connectivity index (χ1v) is 11.6. The molecule has 2 heterocycles.